The van der Waals surface area contributed by atoms with Crippen LogP contribution in [0.4, 0.5) is 0 Å². The molecule has 1 aliphatic heterocycles. The standard InChI is InChI=1S/C18H20Cl2N2O4S/c1-10-14-7-12(19)8-16(20)13(14)5-6-22(10)18(23)15-9-17(26-11(15)2)27(24,25)21(3)4/h7-10H,5-6H2,1-4H3. The molecule has 146 valence electrons. The molecule has 2 aromatic rings. The van der Waals surface area contributed by atoms with Gasteiger partial charge in [0.15, 0.2) is 0 Å². The van der Waals surface area contributed by atoms with Crippen LogP contribution >= 0.6 is 23.2 Å². The molecule has 27 heavy (non-hydrogen) atoms. The molecule has 0 bridgehead atoms. The van der Waals surface area contributed by atoms with E-state index in [1.165, 1.54) is 20.2 Å². The van der Waals surface area contributed by atoms with Crippen LogP contribution in [0.3, 0.4) is 0 Å². The number of hydrogen-bond donors (Lipinski definition) is 0. The van der Waals surface area contributed by atoms with Gasteiger partial charge in [0.1, 0.15) is 5.76 Å². The lowest BCUT2D eigenvalue weighted by Crippen LogP contribution is -2.39. The van der Waals surface area contributed by atoms with E-state index in [0.717, 1.165) is 15.4 Å². The van der Waals surface area contributed by atoms with Crippen molar-refractivity contribution in [2.24, 2.45) is 0 Å². The lowest BCUT2D eigenvalue weighted by molar-refractivity contribution is 0.0676. The predicted molar refractivity (Wildman–Crippen MR) is 104 cm³/mol. The van der Waals surface area contributed by atoms with Crippen molar-refractivity contribution in [2.75, 3.05) is 20.6 Å². The van der Waals surface area contributed by atoms with Gasteiger partial charge in [-0.2, -0.15) is 0 Å². The minimum Gasteiger partial charge on any atom is -0.448 e. The van der Waals surface area contributed by atoms with E-state index < -0.39 is 10.0 Å². The van der Waals surface area contributed by atoms with Crippen LogP contribution in [0.5, 0.6) is 0 Å². The summed E-state index contributed by atoms with van der Waals surface area (Å²) in [6.45, 7) is 3.95. The number of furan rings is 1. The minimum absolute atomic E-state index is 0.235. The van der Waals surface area contributed by atoms with Gasteiger partial charge in [0.25, 0.3) is 15.9 Å². The van der Waals surface area contributed by atoms with Gasteiger partial charge in [-0.05, 0) is 43.5 Å². The monoisotopic (exact) mass is 430 g/mol. The van der Waals surface area contributed by atoms with E-state index in [0.29, 0.717) is 23.0 Å². The highest BCUT2D eigenvalue weighted by atomic mass is 35.5. The maximum Gasteiger partial charge on any atom is 0.275 e. The highest BCUT2D eigenvalue weighted by Gasteiger charge is 2.33. The van der Waals surface area contributed by atoms with Crippen molar-refractivity contribution < 1.29 is 17.6 Å². The fraction of sp³-hybridized carbons (Fsp3) is 0.389. The molecule has 0 fully saturated rings. The number of benzene rings is 1. The summed E-state index contributed by atoms with van der Waals surface area (Å²) in [5.41, 5.74) is 2.12. The summed E-state index contributed by atoms with van der Waals surface area (Å²) in [4.78, 5) is 14.8. The molecule has 6 nitrogen and oxygen atoms in total. The first-order valence-corrected chi connectivity index (χ1v) is 10.6. The van der Waals surface area contributed by atoms with Crippen molar-refractivity contribution in [1.82, 2.24) is 9.21 Å². The molecule has 0 saturated carbocycles. The fourth-order valence-electron chi connectivity index (χ4n) is 3.26. The Morgan fingerprint density at radius 3 is 2.56 bits per heavy atom. The van der Waals surface area contributed by atoms with Gasteiger partial charge in [0, 0.05) is 36.8 Å². The Morgan fingerprint density at radius 1 is 1.26 bits per heavy atom. The molecule has 1 amide bonds. The van der Waals surface area contributed by atoms with Gasteiger partial charge in [-0.25, -0.2) is 12.7 Å². The molecule has 0 aliphatic carbocycles. The van der Waals surface area contributed by atoms with Gasteiger partial charge in [-0.1, -0.05) is 23.2 Å². The molecule has 1 unspecified atom stereocenters. The van der Waals surface area contributed by atoms with Crippen LogP contribution in [0, 0.1) is 6.92 Å². The largest absolute Gasteiger partial charge is 0.448 e. The van der Waals surface area contributed by atoms with E-state index in [2.05, 4.69) is 0 Å². The molecule has 0 spiro atoms. The summed E-state index contributed by atoms with van der Waals surface area (Å²) in [6.07, 6.45) is 0.598. The van der Waals surface area contributed by atoms with Crippen molar-refractivity contribution in [3.8, 4) is 0 Å². The van der Waals surface area contributed by atoms with Crippen LogP contribution in [0.25, 0.3) is 0 Å². The zero-order chi connectivity index (χ0) is 20.1. The first-order valence-electron chi connectivity index (χ1n) is 8.35. The Hall–Kier alpha value is -1.54. The van der Waals surface area contributed by atoms with Crippen molar-refractivity contribution >= 4 is 39.1 Å². The second-order valence-electron chi connectivity index (χ2n) is 6.70. The van der Waals surface area contributed by atoms with Crippen LogP contribution in [0.1, 0.15) is 40.2 Å². The molecular weight excluding hydrogens is 411 g/mol. The first-order chi connectivity index (χ1) is 12.5. The van der Waals surface area contributed by atoms with Crippen molar-refractivity contribution in [3.05, 3.63) is 50.7 Å². The van der Waals surface area contributed by atoms with E-state index in [9.17, 15) is 13.2 Å². The fourth-order valence-corrected chi connectivity index (χ4v) is 4.72. The second kappa shape index (κ2) is 7.13. The van der Waals surface area contributed by atoms with Crippen LogP contribution < -0.4 is 0 Å². The number of carbonyl (C=O) groups excluding carboxylic acids is 1. The van der Waals surface area contributed by atoms with Crippen LogP contribution in [0.2, 0.25) is 10.0 Å². The molecule has 9 heteroatoms. The normalized spacial score (nSPS) is 17.3. The molecule has 1 atom stereocenters. The summed E-state index contributed by atoms with van der Waals surface area (Å²) in [5.74, 6) is -0.0201. The van der Waals surface area contributed by atoms with Gasteiger partial charge in [-0.15, -0.1) is 0 Å². The molecule has 0 saturated heterocycles. The molecule has 0 N–H and O–H groups in total. The average Bonchev–Trinajstić information content (AvgIpc) is 2.97. The average molecular weight is 431 g/mol. The van der Waals surface area contributed by atoms with Crippen LogP contribution in [0.15, 0.2) is 27.7 Å². The topological polar surface area (TPSA) is 70.8 Å². The third-order valence-corrected chi connectivity index (χ3v) is 7.06. The lowest BCUT2D eigenvalue weighted by atomic mass is 9.93. The quantitative estimate of drug-likeness (QED) is 0.739. The molecule has 3 rings (SSSR count). The number of aryl methyl sites for hydroxylation is 1. The maximum absolute atomic E-state index is 13.1. The van der Waals surface area contributed by atoms with E-state index in [4.69, 9.17) is 27.6 Å². The van der Waals surface area contributed by atoms with Crippen LogP contribution in [-0.2, 0) is 16.4 Å². The third-order valence-electron chi connectivity index (χ3n) is 4.84. The van der Waals surface area contributed by atoms with E-state index >= 15 is 0 Å². The molecule has 0 radical (unpaired) electrons. The van der Waals surface area contributed by atoms with Gasteiger partial charge >= 0.3 is 0 Å². The predicted octanol–water partition coefficient (Wildman–Crippen LogP) is 3.90. The number of amides is 1. The highest BCUT2D eigenvalue weighted by molar-refractivity contribution is 7.88. The first kappa shape index (κ1) is 20.2. The molecule has 1 aromatic carbocycles. The number of fused-ring (bicyclic) bond motifs is 1. The zero-order valence-electron chi connectivity index (χ0n) is 15.4. The van der Waals surface area contributed by atoms with Gasteiger partial charge < -0.3 is 9.32 Å². The van der Waals surface area contributed by atoms with Crippen LogP contribution in [-0.4, -0.2) is 44.2 Å². The van der Waals surface area contributed by atoms with Gasteiger partial charge in [-0.3, -0.25) is 4.79 Å². The number of halogens is 2. The summed E-state index contributed by atoms with van der Waals surface area (Å²) < 4.78 is 31.0. The number of rotatable bonds is 3. The Bertz CT molecular complexity index is 1010. The molecular formula is C18H20Cl2N2O4S. The smallest absolute Gasteiger partial charge is 0.275 e. The van der Waals surface area contributed by atoms with Crippen molar-refractivity contribution in [3.63, 3.8) is 0 Å². The number of hydrogen-bond acceptors (Lipinski definition) is 4. The number of sulfonamides is 1. The van der Waals surface area contributed by atoms with Gasteiger partial charge in [0.05, 0.1) is 11.6 Å². The summed E-state index contributed by atoms with van der Waals surface area (Å²) in [5, 5.41) is 0.860. The Kier molecular flexibility index (Phi) is 5.33. The zero-order valence-corrected chi connectivity index (χ0v) is 17.7. The molecule has 2 heterocycles. The van der Waals surface area contributed by atoms with E-state index in [-0.39, 0.29) is 28.4 Å². The minimum atomic E-state index is -3.76. The maximum atomic E-state index is 13.1. The van der Waals surface area contributed by atoms with E-state index in [1.54, 1.807) is 17.9 Å². The number of carbonyl (C=O) groups is 1. The second-order valence-corrected chi connectivity index (χ2v) is 9.63. The van der Waals surface area contributed by atoms with Gasteiger partial charge in [0.2, 0.25) is 5.09 Å². The molecule has 1 aromatic heterocycles. The number of nitrogens with zero attached hydrogens (tertiary/aromatic N) is 2. The third kappa shape index (κ3) is 3.49. The Morgan fingerprint density at radius 2 is 1.93 bits per heavy atom. The summed E-state index contributed by atoms with van der Waals surface area (Å²) in [6, 6.07) is 4.56. The Balaban J connectivity index is 1.97. The Labute approximate surface area is 168 Å². The molecule has 1 aliphatic rings. The van der Waals surface area contributed by atoms with Crippen molar-refractivity contribution in [1.29, 1.82) is 0 Å². The summed E-state index contributed by atoms with van der Waals surface area (Å²) >= 11 is 12.4. The summed E-state index contributed by atoms with van der Waals surface area (Å²) in [7, 11) is -0.938. The van der Waals surface area contributed by atoms with E-state index in [1.807, 2.05) is 13.0 Å². The lowest BCUT2D eigenvalue weighted by Gasteiger charge is -2.35. The SMILES string of the molecule is Cc1oc(S(=O)(=O)N(C)C)cc1C(=O)N1CCc2c(Cl)cc(Cl)cc2C1C. The van der Waals surface area contributed by atoms with Crippen molar-refractivity contribution in [2.45, 2.75) is 31.4 Å². The highest BCUT2D eigenvalue weighted by Crippen LogP contribution is 2.37.